The highest BCUT2D eigenvalue weighted by Gasteiger charge is 2.29. The molecule has 1 aromatic rings. The molecule has 2 atom stereocenters. The summed E-state index contributed by atoms with van der Waals surface area (Å²) in [5.74, 6) is 2.84. The molecule has 1 N–H and O–H groups in total. The average Bonchev–Trinajstić information content (AvgIpc) is 2.81. The fourth-order valence-electron chi connectivity index (χ4n) is 3.11. The number of rotatable bonds is 7. The maximum atomic E-state index is 5.60. The Hall–Kier alpha value is -0.900. The number of aromatic nitrogens is 2. The van der Waals surface area contributed by atoms with Gasteiger partial charge < -0.3 is 9.84 Å². The molecular weight excluding hydrogens is 262 g/mol. The summed E-state index contributed by atoms with van der Waals surface area (Å²) in [5, 5.41) is 7.89. The first-order valence-corrected chi connectivity index (χ1v) is 8.76. The Morgan fingerprint density at radius 2 is 2.05 bits per heavy atom. The van der Waals surface area contributed by atoms with Gasteiger partial charge in [0.25, 0.3) is 0 Å². The number of aryl methyl sites for hydroxylation is 1. The predicted molar refractivity (Wildman–Crippen MR) is 85.4 cm³/mol. The Kier molecular flexibility index (Phi) is 6.68. The third kappa shape index (κ3) is 5.10. The molecule has 0 spiro atoms. The second-order valence-electron chi connectivity index (χ2n) is 6.79. The van der Waals surface area contributed by atoms with Gasteiger partial charge in [-0.3, -0.25) is 0 Å². The molecule has 0 saturated heterocycles. The van der Waals surface area contributed by atoms with Crippen molar-refractivity contribution in [3.05, 3.63) is 11.7 Å². The molecule has 1 heterocycles. The molecular formula is C17H31N3O. The van der Waals surface area contributed by atoms with Crippen molar-refractivity contribution in [2.24, 2.45) is 5.92 Å². The van der Waals surface area contributed by atoms with Crippen molar-refractivity contribution in [1.29, 1.82) is 0 Å². The minimum absolute atomic E-state index is 0.402. The quantitative estimate of drug-likeness (QED) is 0.770. The summed E-state index contributed by atoms with van der Waals surface area (Å²) >= 11 is 0. The Morgan fingerprint density at radius 1 is 1.24 bits per heavy atom. The van der Waals surface area contributed by atoms with E-state index < -0.39 is 0 Å². The fraction of sp³-hybridized carbons (Fsp3) is 0.882. The van der Waals surface area contributed by atoms with Crippen LogP contribution >= 0.6 is 0 Å². The van der Waals surface area contributed by atoms with Crippen LogP contribution in [0.4, 0.5) is 0 Å². The molecule has 4 nitrogen and oxygen atoms in total. The second-order valence-corrected chi connectivity index (χ2v) is 6.79. The molecule has 2 unspecified atom stereocenters. The summed E-state index contributed by atoms with van der Waals surface area (Å²) < 4.78 is 5.60. The smallest absolute Gasteiger partial charge is 0.231 e. The zero-order chi connectivity index (χ0) is 15.1. The van der Waals surface area contributed by atoms with E-state index in [1.807, 2.05) is 0 Å². The van der Waals surface area contributed by atoms with Crippen LogP contribution in [0.15, 0.2) is 4.52 Å². The maximum Gasteiger partial charge on any atom is 0.231 e. The third-order valence-electron chi connectivity index (χ3n) is 4.42. The first kappa shape index (κ1) is 16.5. The van der Waals surface area contributed by atoms with Gasteiger partial charge in [0.05, 0.1) is 5.92 Å². The van der Waals surface area contributed by atoms with Crippen LogP contribution in [0, 0.1) is 5.92 Å². The lowest BCUT2D eigenvalue weighted by molar-refractivity contribution is 0.302. The molecule has 1 aliphatic rings. The number of nitrogens with zero attached hydrogens (tertiary/aromatic N) is 2. The molecule has 21 heavy (non-hydrogen) atoms. The Morgan fingerprint density at radius 3 is 2.81 bits per heavy atom. The molecule has 120 valence electrons. The van der Waals surface area contributed by atoms with Crippen molar-refractivity contribution in [1.82, 2.24) is 15.5 Å². The fourth-order valence-corrected chi connectivity index (χ4v) is 3.11. The van der Waals surface area contributed by atoms with E-state index in [-0.39, 0.29) is 0 Å². The van der Waals surface area contributed by atoms with Crippen molar-refractivity contribution < 1.29 is 4.52 Å². The van der Waals surface area contributed by atoms with Gasteiger partial charge in [0, 0.05) is 12.5 Å². The molecule has 0 radical (unpaired) electrons. The van der Waals surface area contributed by atoms with Crippen LogP contribution in [0.2, 0.25) is 0 Å². The molecule has 2 rings (SSSR count). The van der Waals surface area contributed by atoms with Crippen molar-refractivity contribution in [3.63, 3.8) is 0 Å². The molecule has 1 aliphatic carbocycles. The first-order valence-electron chi connectivity index (χ1n) is 8.76. The Bertz CT molecular complexity index is 402. The zero-order valence-corrected chi connectivity index (χ0v) is 13.9. The standard InChI is InChI=1S/C17H31N3O/c1-4-12-18-15-9-7-5-6-8-14(15)17-19-16(20-21-17)11-10-13(2)3/h13-15,18H,4-12H2,1-3H3. The highest BCUT2D eigenvalue weighted by atomic mass is 16.5. The van der Waals surface area contributed by atoms with Crippen LogP contribution in [-0.2, 0) is 6.42 Å². The lowest BCUT2D eigenvalue weighted by atomic mass is 9.94. The van der Waals surface area contributed by atoms with E-state index >= 15 is 0 Å². The van der Waals surface area contributed by atoms with Gasteiger partial charge in [0.2, 0.25) is 5.89 Å². The summed E-state index contributed by atoms with van der Waals surface area (Å²) in [6.07, 6.45) is 9.55. The minimum atomic E-state index is 0.402. The van der Waals surface area contributed by atoms with Crippen LogP contribution < -0.4 is 5.32 Å². The van der Waals surface area contributed by atoms with Crippen LogP contribution in [0.25, 0.3) is 0 Å². The van der Waals surface area contributed by atoms with Crippen LogP contribution in [0.5, 0.6) is 0 Å². The van der Waals surface area contributed by atoms with Crippen molar-refractivity contribution in [3.8, 4) is 0 Å². The molecule has 0 amide bonds. The molecule has 0 bridgehead atoms. The number of nitrogens with one attached hydrogen (secondary N) is 1. The van der Waals surface area contributed by atoms with E-state index in [9.17, 15) is 0 Å². The van der Waals surface area contributed by atoms with E-state index in [4.69, 9.17) is 4.52 Å². The summed E-state index contributed by atoms with van der Waals surface area (Å²) in [5.41, 5.74) is 0. The molecule has 4 heteroatoms. The lowest BCUT2D eigenvalue weighted by Gasteiger charge is -2.23. The molecule has 1 aromatic heterocycles. The normalized spacial score (nSPS) is 23.4. The van der Waals surface area contributed by atoms with Gasteiger partial charge in [-0.05, 0) is 38.1 Å². The lowest BCUT2D eigenvalue weighted by Crippen LogP contribution is -2.35. The third-order valence-corrected chi connectivity index (χ3v) is 4.42. The highest BCUT2D eigenvalue weighted by molar-refractivity contribution is 5.01. The molecule has 0 aliphatic heterocycles. The Balaban J connectivity index is 2.01. The molecule has 1 fully saturated rings. The SMILES string of the molecule is CCCNC1CCCCCC1c1nc(CCC(C)C)no1. The second kappa shape index (κ2) is 8.52. The maximum absolute atomic E-state index is 5.60. The van der Waals surface area contributed by atoms with Gasteiger partial charge in [-0.1, -0.05) is 45.2 Å². The van der Waals surface area contributed by atoms with Crippen LogP contribution in [0.3, 0.4) is 0 Å². The zero-order valence-electron chi connectivity index (χ0n) is 13.9. The summed E-state index contributed by atoms with van der Waals surface area (Å²) in [6.45, 7) is 7.76. The summed E-state index contributed by atoms with van der Waals surface area (Å²) in [6, 6.07) is 0.505. The van der Waals surface area contributed by atoms with E-state index in [1.165, 1.54) is 38.5 Å². The number of hydrogen-bond acceptors (Lipinski definition) is 4. The highest BCUT2D eigenvalue weighted by Crippen LogP contribution is 2.31. The van der Waals surface area contributed by atoms with Gasteiger partial charge in [-0.15, -0.1) is 0 Å². The minimum Gasteiger partial charge on any atom is -0.339 e. The van der Waals surface area contributed by atoms with Crippen LogP contribution in [0.1, 0.15) is 83.3 Å². The summed E-state index contributed by atoms with van der Waals surface area (Å²) in [4.78, 5) is 4.69. The van der Waals surface area contributed by atoms with Crippen LogP contribution in [-0.4, -0.2) is 22.7 Å². The molecule has 0 aromatic carbocycles. The largest absolute Gasteiger partial charge is 0.339 e. The molecule has 1 saturated carbocycles. The monoisotopic (exact) mass is 293 g/mol. The van der Waals surface area contributed by atoms with E-state index in [0.29, 0.717) is 17.9 Å². The van der Waals surface area contributed by atoms with Gasteiger partial charge in [-0.25, -0.2) is 0 Å². The van der Waals surface area contributed by atoms with E-state index in [1.54, 1.807) is 0 Å². The first-order chi connectivity index (χ1) is 10.2. The van der Waals surface area contributed by atoms with E-state index in [0.717, 1.165) is 31.1 Å². The van der Waals surface area contributed by atoms with Gasteiger partial charge in [0.1, 0.15) is 0 Å². The average molecular weight is 293 g/mol. The van der Waals surface area contributed by atoms with Crippen molar-refractivity contribution in [2.75, 3.05) is 6.54 Å². The topological polar surface area (TPSA) is 51.0 Å². The van der Waals surface area contributed by atoms with Gasteiger partial charge in [0.15, 0.2) is 5.82 Å². The van der Waals surface area contributed by atoms with Gasteiger partial charge >= 0.3 is 0 Å². The van der Waals surface area contributed by atoms with E-state index in [2.05, 4.69) is 36.2 Å². The van der Waals surface area contributed by atoms with Crippen molar-refractivity contribution >= 4 is 0 Å². The number of hydrogen-bond donors (Lipinski definition) is 1. The van der Waals surface area contributed by atoms with Gasteiger partial charge in [-0.2, -0.15) is 4.98 Å². The summed E-state index contributed by atoms with van der Waals surface area (Å²) in [7, 11) is 0. The van der Waals surface area contributed by atoms with Crippen molar-refractivity contribution in [2.45, 2.75) is 84.1 Å². The predicted octanol–water partition coefficient (Wildman–Crippen LogP) is 4.07. The Labute approximate surface area is 129 Å².